The molecule has 3 rings (SSSR count). The Hall–Kier alpha value is -2.40. The van der Waals surface area contributed by atoms with E-state index in [4.69, 9.17) is 17.3 Å². The van der Waals surface area contributed by atoms with Crippen molar-refractivity contribution >= 4 is 29.5 Å². The molecule has 1 amide bonds. The second-order valence-corrected chi connectivity index (χ2v) is 5.16. The molecular weight excluding hydrogens is 288 g/mol. The highest BCUT2D eigenvalue weighted by molar-refractivity contribution is 6.32. The average molecular weight is 301 g/mol. The number of fused-ring (bicyclic) bond motifs is 1. The van der Waals surface area contributed by atoms with Crippen molar-refractivity contribution < 1.29 is 4.79 Å². The number of aromatic nitrogens is 2. The third-order valence-electron chi connectivity index (χ3n) is 3.30. The van der Waals surface area contributed by atoms with E-state index < -0.39 is 0 Å². The van der Waals surface area contributed by atoms with Gasteiger partial charge in [0.2, 0.25) is 11.9 Å². The zero-order chi connectivity index (χ0) is 14.8. The van der Waals surface area contributed by atoms with Gasteiger partial charge in [0, 0.05) is 29.4 Å². The van der Waals surface area contributed by atoms with Crippen LogP contribution in [0, 0.1) is 0 Å². The number of carbonyl (C=O) groups is 1. The Kier molecular flexibility index (Phi) is 3.58. The molecule has 0 aliphatic carbocycles. The SMILES string of the molecule is Nc1ncc2c(n1)CN(C(=O)C=Cc1ccccc1Cl)C2. The largest absolute Gasteiger partial charge is 0.368 e. The molecule has 0 unspecified atom stereocenters. The van der Waals surface area contributed by atoms with Crippen LogP contribution >= 0.6 is 11.6 Å². The predicted octanol–water partition coefficient (Wildman–Crippen LogP) is 2.27. The van der Waals surface area contributed by atoms with Crippen molar-refractivity contribution in [3.8, 4) is 0 Å². The second kappa shape index (κ2) is 5.54. The van der Waals surface area contributed by atoms with E-state index >= 15 is 0 Å². The minimum Gasteiger partial charge on any atom is -0.368 e. The first-order valence-electron chi connectivity index (χ1n) is 6.45. The van der Waals surface area contributed by atoms with Gasteiger partial charge in [-0.15, -0.1) is 0 Å². The van der Waals surface area contributed by atoms with Gasteiger partial charge in [-0.3, -0.25) is 4.79 Å². The zero-order valence-corrected chi connectivity index (χ0v) is 11.9. The fourth-order valence-corrected chi connectivity index (χ4v) is 2.40. The van der Waals surface area contributed by atoms with Crippen LogP contribution in [-0.2, 0) is 17.9 Å². The van der Waals surface area contributed by atoms with E-state index in [9.17, 15) is 4.79 Å². The predicted molar refractivity (Wildman–Crippen MR) is 81.2 cm³/mol. The molecule has 0 saturated heterocycles. The monoisotopic (exact) mass is 300 g/mol. The van der Waals surface area contributed by atoms with Gasteiger partial charge in [0.25, 0.3) is 0 Å². The van der Waals surface area contributed by atoms with Crippen LogP contribution in [0.1, 0.15) is 16.8 Å². The van der Waals surface area contributed by atoms with Gasteiger partial charge in [-0.05, 0) is 17.7 Å². The van der Waals surface area contributed by atoms with E-state index in [1.54, 1.807) is 23.2 Å². The molecule has 5 nitrogen and oxygen atoms in total. The molecule has 1 aromatic carbocycles. The fraction of sp³-hybridized carbons (Fsp3) is 0.133. The lowest BCUT2D eigenvalue weighted by Gasteiger charge is -2.11. The summed E-state index contributed by atoms with van der Waals surface area (Å²) in [4.78, 5) is 22.0. The van der Waals surface area contributed by atoms with E-state index in [0.717, 1.165) is 16.8 Å². The van der Waals surface area contributed by atoms with Crippen molar-refractivity contribution in [2.24, 2.45) is 0 Å². The summed E-state index contributed by atoms with van der Waals surface area (Å²) >= 11 is 6.05. The van der Waals surface area contributed by atoms with Crippen LogP contribution in [0.5, 0.6) is 0 Å². The minimum atomic E-state index is -0.0912. The normalized spacial score (nSPS) is 13.7. The number of halogens is 1. The number of anilines is 1. The molecule has 21 heavy (non-hydrogen) atoms. The van der Waals surface area contributed by atoms with Crippen LogP contribution < -0.4 is 5.73 Å². The van der Waals surface area contributed by atoms with Crippen molar-refractivity contribution in [3.05, 3.63) is 58.4 Å². The lowest BCUT2D eigenvalue weighted by atomic mass is 10.2. The molecule has 2 N–H and O–H groups in total. The van der Waals surface area contributed by atoms with Crippen molar-refractivity contribution in [1.29, 1.82) is 0 Å². The van der Waals surface area contributed by atoms with E-state index in [2.05, 4.69) is 9.97 Å². The molecule has 0 spiro atoms. The Bertz CT molecular complexity index is 729. The topological polar surface area (TPSA) is 72.1 Å². The summed E-state index contributed by atoms with van der Waals surface area (Å²) in [5.74, 6) is 0.140. The molecule has 1 aliphatic rings. The molecule has 0 fully saturated rings. The van der Waals surface area contributed by atoms with Gasteiger partial charge in [-0.25, -0.2) is 9.97 Å². The van der Waals surface area contributed by atoms with E-state index in [0.29, 0.717) is 18.1 Å². The van der Waals surface area contributed by atoms with E-state index in [1.807, 2.05) is 18.2 Å². The summed E-state index contributed by atoms with van der Waals surface area (Å²) in [5.41, 5.74) is 8.10. The number of nitrogens with zero attached hydrogens (tertiary/aromatic N) is 3. The Morgan fingerprint density at radius 3 is 2.95 bits per heavy atom. The Morgan fingerprint density at radius 1 is 1.33 bits per heavy atom. The first-order valence-corrected chi connectivity index (χ1v) is 6.83. The molecule has 0 bridgehead atoms. The highest BCUT2D eigenvalue weighted by Gasteiger charge is 2.23. The van der Waals surface area contributed by atoms with Gasteiger partial charge >= 0.3 is 0 Å². The van der Waals surface area contributed by atoms with Crippen LogP contribution in [0.15, 0.2) is 36.5 Å². The van der Waals surface area contributed by atoms with Crippen molar-refractivity contribution in [1.82, 2.24) is 14.9 Å². The second-order valence-electron chi connectivity index (χ2n) is 4.75. The van der Waals surface area contributed by atoms with Crippen molar-refractivity contribution in [3.63, 3.8) is 0 Å². The van der Waals surface area contributed by atoms with Crippen LogP contribution in [0.4, 0.5) is 5.95 Å². The molecule has 2 heterocycles. The number of amides is 1. The first-order chi connectivity index (χ1) is 10.1. The van der Waals surface area contributed by atoms with Crippen molar-refractivity contribution in [2.45, 2.75) is 13.1 Å². The Balaban J connectivity index is 1.72. The highest BCUT2D eigenvalue weighted by atomic mass is 35.5. The molecule has 106 valence electrons. The van der Waals surface area contributed by atoms with Crippen LogP contribution in [0.2, 0.25) is 5.02 Å². The molecule has 0 radical (unpaired) electrons. The summed E-state index contributed by atoms with van der Waals surface area (Å²) < 4.78 is 0. The van der Waals surface area contributed by atoms with Gasteiger partial charge in [0.1, 0.15) is 0 Å². The average Bonchev–Trinajstić information content (AvgIpc) is 2.89. The minimum absolute atomic E-state index is 0.0912. The van der Waals surface area contributed by atoms with Gasteiger partial charge in [0.15, 0.2) is 0 Å². The fourth-order valence-electron chi connectivity index (χ4n) is 2.20. The number of rotatable bonds is 2. The van der Waals surface area contributed by atoms with Crippen LogP contribution in [-0.4, -0.2) is 20.8 Å². The highest BCUT2D eigenvalue weighted by Crippen LogP contribution is 2.21. The van der Waals surface area contributed by atoms with Crippen LogP contribution in [0.3, 0.4) is 0 Å². The van der Waals surface area contributed by atoms with E-state index in [-0.39, 0.29) is 11.9 Å². The Labute approximate surface area is 127 Å². The van der Waals surface area contributed by atoms with Gasteiger partial charge < -0.3 is 10.6 Å². The standard InChI is InChI=1S/C15H13ClN4O/c16-12-4-2-1-3-10(12)5-6-14(21)20-8-11-7-18-15(17)19-13(11)9-20/h1-7H,8-9H2,(H2,17,18,19). The molecule has 0 atom stereocenters. The molecule has 0 saturated carbocycles. The lowest BCUT2D eigenvalue weighted by molar-refractivity contribution is -0.126. The molecular formula is C15H13ClN4O. The van der Waals surface area contributed by atoms with E-state index in [1.165, 1.54) is 6.08 Å². The summed E-state index contributed by atoms with van der Waals surface area (Å²) in [6, 6.07) is 7.37. The number of hydrogen-bond donors (Lipinski definition) is 1. The van der Waals surface area contributed by atoms with Gasteiger partial charge in [0.05, 0.1) is 12.2 Å². The summed E-state index contributed by atoms with van der Waals surface area (Å²) in [7, 11) is 0. The number of benzene rings is 1. The molecule has 1 aliphatic heterocycles. The molecule has 2 aromatic rings. The summed E-state index contributed by atoms with van der Waals surface area (Å²) in [6.45, 7) is 0.953. The number of carbonyl (C=O) groups excluding carboxylic acids is 1. The third-order valence-corrected chi connectivity index (χ3v) is 3.64. The third kappa shape index (κ3) is 2.87. The number of hydrogen-bond acceptors (Lipinski definition) is 4. The van der Waals surface area contributed by atoms with Crippen molar-refractivity contribution in [2.75, 3.05) is 5.73 Å². The molecule has 1 aromatic heterocycles. The molecule has 6 heteroatoms. The lowest BCUT2D eigenvalue weighted by Crippen LogP contribution is -2.23. The summed E-state index contributed by atoms with van der Waals surface area (Å²) in [6.07, 6.45) is 4.90. The maximum atomic E-state index is 12.2. The van der Waals surface area contributed by atoms with Gasteiger partial charge in [-0.2, -0.15) is 0 Å². The number of nitrogens with two attached hydrogens (primary N) is 1. The summed E-state index contributed by atoms with van der Waals surface area (Å²) in [5, 5.41) is 0.616. The maximum absolute atomic E-state index is 12.2. The zero-order valence-electron chi connectivity index (χ0n) is 11.2. The first kappa shape index (κ1) is 13.6. The van der Waals surface area contributed by atoms with Crippen LogP contribution in [0.25, 0.3) is 6.08 Å². The smallest absolute Gasteiger partial charge is 0.247 e. The van der Waals surface area contributed by atoms with Gasteiger partial charge in [-0.1, -0.05) is 29.8 Å². The number of nitrogen functional groups attached to an aromatic ring is 1. The maximum Gasteiger partial charge on any atom is 0.247 e. The quantitative estimate of drug-likeness (QED) is 0.864. The Morgan fingerprint density at radius 2 is 2.14 bits per heavy atom.